The number of halogens is 3. The molecule has 0 aromatic heterocycles. The third kappa shape index (κ3) is 7.11. The maximum atomic E-state index is 14.1. The number of amides is 1. The quantitative estimate of drug-likeness (QED) is 0.308. The molecule has 3 aromatic carbocycles. The minimum atomic E-state index is -4.69. The summed E-state index contributed by atoms with van der Waals surface area (Å²) in [5, 5.41) is 12.2. The number of carbonyl (C=O) groups excluding carboxylic acids is 1. The van der Waals surface area contributed by atoms with Crippen molar-refractivity contribution in [3.8, 4) is 17.2 Å². The Labute approximate surface area is 233 Å². The number of anilines is 1. The van der Waals surface area contributed by atoms with Crippen molar-refractivity contribution in [1.29, 1.82) is 5.26 Å². The molecule has 9 heteroatoms. The molecule has 0 aliphatic heterocycles. The number of benzene rings is 3. The summed E-state index contributed by atoms with van der Waals surface area (Å²) in [4.78, 5) is 12.7. The second kappa shape index (κ2) is 12.3. The van der Waals surface area contributed by atoms with Crippen molar-refractivity contribution in [3.05, 3.63) is 82.9 Å². The lowest BCUT2D eigenvalue weighted by molar-refractivity contribution is -0.137. The summed E-state index contributed by atoms with van der Waals surface area (Å²) < 4.78 is 66.2. The second-order valence-corrected chi connectivity index (χ2v) is 12.5. The highest BCUT2D eigenvalue weighted by Gasteiger charge is 2.34. The molecular weight excluding hydrogens is 537 g/mol. The van der Waals surface area contributed by atoms with Gasteiger partial charge in [-0.15, -0.1) is 0 Å². The maximum Gasteiger partial charge on any atom is 0.417 e. The zero-order chi connectivity index (χ0) is 28.9. The van der Waals surface area contributed by atoms with E-state index in [1.54, 1.807) is 12.1 Å². The predicted octanol–water partition coefficient (Wildman–Crippen LogP) is 7.34. The number of nitriles is 1. The third-order valence-corrected chi connectivity index (χ3v) is 9.16. The van der Waals surface area contributed by atoms with E-state index in [4.69, 9.17) is 0 Å². The smallest absolute Gasteiger partial charge is 0.326 e. The Kier molecular flexibility index (Phi) is 8.99. The molecule has 0 spiro atoms. The molecule has 0 unspecified atom stereocenters. The van der Waals surface area contributed by atoms with Gasteiger partial charge in [-0.05, 0) is 64.9 Å². The van der Waals surface area contributed by atoms with Gasteiger partial charge in [0.15, 0.2) is 9.84 Å². The molecule has 0 radical (unpaired) electrons. The van der Waals surface area contributed by atoms with Crippen molar-refractivity contribution in [3.63, 3.8) is 0 Å². The Balaban J connectivity index is 1.54. The van der Waals surface area contributed by atoms with Crippen LogP contribution in [0.2, 0.25) is 0 Å². The topological polar surface area (TPSA) is 87.0 Å². The Morgan fingerprint density at radius 3 is 2.33 bits per heavy atom. The van der Waals surface area contributed by atoms with E-state index < -0.39 is 27.5 Å². The highest BCUT2D eigenvalue weighted by molar-refractivity contribution is 7.91. The molecule has 0 atom stereocenters. The van der Waals surface area contributed by atoms with Crippen molar-refractivity contribution in [1.82, 2.24) is 0 Å². The molecule has 4 rings (SSSR count). The molecule has 210 valence electrons. The van der Waals surface area contributed by atoms with Gasteiger partial charge in [0.2, 0.25) is 5.91 Å². The van der Waals surface area contributed by atoms with Crippen LogP contribution >= 0.6 is 0 Å². The molecule has 1 amide bonds. The molecule has 1 aliphatic carbocycles. The molecule has 0 saturated heterocycles. The molecule has 0 bridgehead atoms. The van der Waals surface area contributed by atoms with Crippen molar-refractivity contribution in [2.45, 2.75) is 62.9 Å². The highest BCUT2D eigenvalue weighted by atomic mass is 32.2. The van der Waals surface area contributed by atoms with Gasteiger partial charge in [-0.25, -0.2) is 8.42 Å². The third-order valence-electron chi connectivity index (χ3n) is 7.41. The van der Waals surface area contributed by atoms with Gasteiger partial charge in [-0.1, -0.05) is 69.4 Å². The predicted molar refractivity (Wildman–Crippen MR) is 148 cm³/mol. The fraction of sp³-hybridized carbons (Fsp3) is 0.355. The molecule has 0 heterocycles. The monoisotopic (exact) mass is 568 g/mol. The van der Waals surface area contributed by atoms with Gasteiger partial charge in [0.25, 0.3) is 0 Å². The Morgan fingerprint density at radius 1 is 1.00 bits per heavy atom. The lowest BCUT2D eigenvalue weighted by Gasteiger charge is -2.22. The summed E-state index contributed by atoms with van der Waals surface area (Å²) in [6.45, 7) is 1.53. The zero-order valence-electron chi connectivity index (χ0n) is 22.2. The Hall–Kier alpha value is -3.64. The van der Waals surface area contributed by atoms with Crippen LogP contribution in [0.3, 0.4) is 0 Å². The van der Waals surface area contributed by atoms with Crippen LogP contribution < -0.4 is 5.32 Å². The van der Waals surface area contributed by atoms with E-state index in [-0.39, 0.29) is 33.9 Å². The first-order valence-electron chi connectivity index (χ1n) is 13.4. The van der Waals surface area contributed by atoms with Crippen molar-refractivity contribution < 1.29 is 26.4 Å². The minimum Gasteiger partial charge on any atom is -0.326 e. The fourth-order valence-electron chi connectivity index (χ4n) is 5.21. The van der Waals surface area contributed by atoms with Crippen LogP contribution in [-0.4, -0.2) is 20.1 Å². The number of sulfone groups is 1. The molecule has 1 saturated carbocycles. The van der Waals surface area contributed by atoms with Gasteiger partial charge in [0.05, 0.1) is 34.3 Å². The minimum absolute atomic E-state index is 0.0133. The van der Waals surface area contributed by atoms with Crippen LogP contribution in [0, 0.1) is 17.2 Å². The van der Waals surface area contributed by atoms with E-state index in [1.165, 1.54) is 55.8 Å². The number of rotatable bonds is 8. The molecule has 40 heavy (non-hydrogen) atoms. The van der Waals surface area contributed by atoms with Crippen LogP contribution in [0.25, 0.3) is 11.1 Å². The van der Waals surface area contributed by atoms with E-state index in [2.05, 4.69) is 11.4 Å². The van der Waals surface area contributed by atoms with Gasteiger partial charge in [-0.3, -0.25) is 4.79 Å². The number of nitrogens with one attached hydrogen (secondary N) is 1. The number of alkyl halides is 3. The van der Waals surface area contributed by atoms with Gasteiger partial charge in [-0.2, -0.15) is 18.4 Å². The number of carbonyl (C=O) groups is 1. The lowest BCUT2D eigenvalue weighted by atomic mass is 9.83. The van der Waals surface area contributed by atoms with E-state index in [0.29, 0.717) is 17.0 Å². The molecular formula is C31H31F3N2O3S. The maximum absolute atomic E-state index is 14.1. The zero-order valence-corrected chi connectivity index (χ0v) is 23.0. The molecule has 3 aromatic rings. The van der Waals surface area contributed by atoms with Crippen molar-refractivity contribution in [2.75, 3.05) is 11.1 Å². The van der Waals surface area contributed by atoms with Crippen molar-refractivity contribution >= 4 is 21.4 Å². The van der Waals surface area contributed by atoms with Crippen LogP contribution in [0.1, 0.15) is 61.3 Å². The molecule has 1 fully saturated rings. The number of hydrogen-bond donors (Lipinski definition) is 1. The molecule has 1 N–H and O–H groups in total. The largest absolute Gasteiger partial charge is 0.417 e. The normalized spacial score (nSPS) is 14.5. The fourth-order valence-corrected chi connectivity index (χ4v) is 6.09. The van der Waals surface area contributed by atoms with Crippen LogP contribution in [0.4, 0.5) is 18.9 Å². The summed E-state index contributed by atoms with van der Waals surface area (Å²) in [5.41, 5.74) is 1.05. The van der Waals surface area contributed by atoms with E-state index in [9.17, 15) is 31.6 Å². The summed E-state index contributed by atoms with van der Waals surface area (Å²) in [6.07, 6.45) is 1.67. The summed E-state index contributed by atoms with van der Waals surface area (Å²) in [7, 11) is -3.38. The summed E-state index contributed by atoms with van der Waals surface area (Å²) in [5.74, 6) is -0.0965. The number of hydrogen-bond acceptors (Lipinski definition) is 4. The highest BCUT2D eigenvalue weighted by Crippen LogP contribution is 2.39. The average Bonchev–Trinajstić information content (AvgIpc) is 2.93. The Morgan fingerprint density at radius 2 is 1.70 bits per heavy atom. The van der Waals surface area contributed by atoms with E-state index in [0.717, 1.165) is 43.7 Å². The van der Waals surface area contributed by atoms with Gasteiger partial charge < -0.3 is 5.32 Å². The van der Waals surface area contributed by atoms with E-state index in [1.807, 2.05) is 0 Å². The van der Waals surface area contributed by atoms with Crippen LogP contribution in [0.5, 0.6) is 0 Å². The first kappa shape index (κ1) is 29.3. The van der Waals surface area contributed by atoms with Gasteiger partial charge in [0, 0.05) is 5.69 Å². The molecule has 5 nitrogen and oxygen atoms in total. The van der Waals surface area contributed by atoms with Crippen molar-refractivity contribution in [2.24, 2.45) is 5.92 Å². The Bertz CT molecular complexity index is 1520. The second-order valence-electron chi connectivity index (χ2n) is 10.2. The first-order valence-corrected chi connectivity index (χ1v) is 15.0. The SMILES string of the molecule is CCS(=O)(=O)c1ccc(CC(=O)Nc2ccc(-c3ccc(CC4CCCCC4)c(C#N)c3)c(C(F)(F)F)c2)cc1. The first-order chi connectivity index (χ1) is 19.0. The molecule has 1 aliphatic rings. The van der Waals surface area contributed by atoms with Crippen LogP contribution in [-0.2, 0) is 33.6 Å². The van der Waals surface area contributed by atoms with E-state index >= 15 is 0 Å². The van der Waals surface area contributed by atoms with Gasteiger partial charge >= 0.3 is 6.18 Å². The van der Waals surface area contributed by atoms with Crippen LogP contribution in [0.15, 0.2) is 65.6 Å². The summed E-state index contributed by atoms with van der Waals surface area (Å²) in [6, 6.07) is 16.5. The lowest BCUT2D eigenvalue weighted by Crippen LogP contribution is -2.16. The standard InChI is InChI=1S/C31H31F3N2O3S/c1-2-40(38,39)27-13-8-22(9-14-27)17-30(37)36-26-12-15-28(29(19-26)31(32,33)34)24-11-10-23(25(18-24)20-35)16-21-6-4-3-5-7-21/h8-15,18-19,21H,2-7,16-17H2,1H3,(H,36,37). The number of nitrogens with zero attached hydrogens (tertiary/aromatic N) is 1. The average molecular weight is 569 g/mol. The summed E-state index contributed by atoms with van der Waals surface area (Å²) >= 11 is 0. The van der Waals surface area contributed by atoms with Gasteiger partial charge in [0.1, 0.15) is 0 Å².